The summed E-state index contributed by atoms with van der Waals surface area (Å²) < 4.78 is 5.19. The number of aryl methyl sites for hydroxylation is 1. The van der Waals surface area contributed by atoms with Crippen molar-refractivity contribution in [2.45, 2.75) is 26.4 Å². The highest BCUT2D eigenvalue weighted by atomic mass is 16.5. The molecule has 0 aliphatic heterocycles. The molecule has 0 saturated carbocycles. The van der Waals surface area contributed by atoms with Crippen molar-refractivity contribution in [3.8, 4) is 17.0 Å². The Balaban J connectivity index is 1.60. The summed E-state index contributed by atoms with van der Waals surface area (Å²) in [6.45, 7) is 4.42. The maximum atomic E-state index is 5.19. The van der Waals surface area contributed by atoms with E-state index in [4.69, 9.17) is 4.74 Å². The molecule has 5 nitrogen and oxygen atoms in total. The van der Waals surface area contributed by atoms with Gasteiger partial charge in [-0.05, 0) is 37.6 Å². The molecule has 130 valence electrons. The molecule has 0 fully saturated rings. The lowest BCUT2D eigenvalue weighted by Gasteiger charge is -2.06. The van der Waals surface area contributed by atoms with E-state index in [1.54, 1.807) is 11.9 Å². The van der Waals surface area contributed by atoms with Gasteiger partial charge in [0.2, 0.25) is 0 Å². The molecule has 0 bridgehead atoms. The first-order valence-corrected chi connectivity index (χ1v) is 8.63. The van der Waals surface area contributed by atoms with E-state index in [2.05, 4.69) is 46.7 Å². The average Bonchev–Trinajstić information content (AvgIpc) is 3.10. The second kappa shape index (κ2) is 8.44. The summed E-state index contributed by atoms with van der Waals surface area (Å²) in [5.74, 6) is 0.889. The number of hydrogen-bond acceptors (Lipinski definition) is 4. The zero-order valence-corrected chi connectivity index (χ0v) is 14.8. The Bertz CT molecular complexity index is 781. The lowest BCUT2D eigenvalue weighted by molar-refractivity contribution is 0.414. The van der Waals surface area contributed by atoms with E-state index in [-0.39, 0.29) is 0 Å². The summed E-state index contributed by atoms with van der Waals surface area (Å²) >= 11 is 0. The standard InChI is InChI=1S/C20H24N4O/c1-3-24-22-19(20(23-24)17-7-5-4-6-8-17)15-21-14-13-16-9-11-18(25-2)12-10-16/h4-12,21H,3,13-15H2,1-2H3. The van der Waals surface area contributed by atoms with Gasteiger partial charge in [-0.25, -0.2) is 0 Å². The van der Waals surface area contributed by atoms with Gasteiger partial charge in [-0.3, -0.25) is 0 Å². The van der Waals surface area contributed by atoms with Crippen LogP contribution in [0.1, 0.15) is 18.2 Å². The zero-order chi connectivity index (χ0) is 17.5. The van der Waals surface area contributed by atoms with Gasteiger partial charge < -0.3 is 10.1 Å². The van der Waals surface area contributed by atoms with E-state index in [9.17, 15) is 0 Å². The number of methoxy groups -OCH3 is 1. The number of nitrogens with one attached hydrogen (secondary N) is 1. The van der Waals surface area contributed by atoms with Crippen LogP contribution in [0.5, 0.6) is 5.75 Å². The molecule has 0 spiro atoms. The van der Waals surface area contributed by atoms with E-state index in [1.807, 2.05) is 30.3 Å². The lowest BCUT2D eigenvalue weighted by atomic mass is 10.1. The minimum atomic E-state index is 0.709. The normalized spacial score (nSPS) is 10.8. The summed E-state index contributed by atoms with van der Waals surface area (Å²) in [6, 6.07) is 18.4. The van der Waals surface area contributed by atoms with E-state index >= 15 is 0 Å². The van der Waals surface area contributed by atoms with Crippen molar-refractivity contribution in [1.82, 2.24) is 20.3 Å². The highest BCUT2D eigenvalue weighted by Crippen LogP contribution is 2.19. The minimum Gasteiger partial charge on any atom is -0.497 e. The molecule has 2 aromatic carbocycles. The molecule has 0 unspecified atom stereocenters. The van der Waals surface area contributed by atoms with Crippen LogP contribution in [0.3, 0.4) is 0 Å². The number of ether oxygens (including phenoxy) is 1. The van der Waals surface area contributed by atoms with Gasteiger partial charge >= 0.3 is 0 Å². The fourth-order valence-electron chi connectivity index (χ4n) is 2.69. The molecular weight excluding hydrogens is 312 g/mol. The van der Waals surface area contributed by atoms with Crippen LogP contribution < -0.4 is 10.1 Å². The van der Waals surface area contributed by atoms with Crippen LogP contribution in [0.25, 0.3) is 11.3 Å². The van der Waals surface area contributed by atoms with Crippen LogP contribution in [0.2, 0.25) is 0 Å². The molecule has 0 radical (unpaired) electrons. The van der Waals surface area contributed by atoms with Crippen molar-refractivity contribution in [2.75, 3.05) is 13.7 Å². The van der Waals surface area contributed by atoms with Gasteiger partial charge in [-0.15, -0.1) is 0 Å². The second-order valence-corrected chi connectivity index (χ2v) is 5.82. The van der Waals surface area contributed by atoms with Gasteiger partial charge in [0.1, 0.15) is 17.1 Å². The molecule has 0 aliphatic rings. The van der Waals surface area contributed by atoms with E-state index in [1.165, 1.54) is 5.56 Å². The molecule has 1 heterocycles. The van der Waals surface area contributed by atoms with Crippen LogP contribution in [0.15, 0.2) is 54.6 Å². The minimum absolute atomic E-state index is 0.709. The SMILES string of the molecule is CCn1nc(CNCCc2ccc(OC)cc2)c(-c2ccccc2)n1. The fourth-order valence-corrected chi connectivity index (χ4v) is 2.69. The summed E-state index contributed by atoms with van der Waals surface area (Å²) in [7, 11) is 1.68. The Hall–Kier alpha value is -2.66. The van der Waals surface area contributed by atoms with E-state index in [0.29, 0.717) is 6.54 Å². The number of hydrogen-bond donors (Lipinski definition) is 1. The third-order valence-corrected chi connectivity index (χ3v) is 4.10. The molecule has 0 amide bonds. The van der Waals surface area contributed by atoms with Gasteiger partial charge in [0.25, 0.3) is 0 Å². The Labute approximate surface area is 148 Å². The summed E-state index contributed by atoms with van der Waals surface area (Å²) in [5, 5.41) is 12.7. The fraction of sp³-hybridized carbons (Fsp3) is 0.300. The summed E-state index contributed by atoms with van der Waals surface area (Å²) in [5.41, 5.74) is 4.34. The Morgan fingerprint density at radius 3 is 2.44 bits per heavy atom. The van der Waals surface area contributed by atoms with Crippen molar-refractivity contribution in [1.29, 1.82) is 0 Å². The monoisotopic (exact) mass is 336 g/mol. The van der Waals surface area contributed by atoms with Crippen molar-refractivity contribution in [3.63, 3.8) is 0 Å². The molecular formula is C20H24N4O. The molecule has 0 atom stereocenters. The maximum Gasteiger partial charge on any atom is 0.118 e. The van der Waals surface area contributed by atoms with Crippen LogP contribution >= 0.6 is 0 Å². The molecule has 3 rings (SSSR count). The Morgan fingerprint density at radius 1 is 1.00 bits per heavy atom. The number of rotatable bonds is 8. The third-order valence-electron chi connectivity index (χ3n) is 4.10. The Morgan fingerprint density at radius 2 is 1.76 bits per heavy atom. The quantitative estimate of drug-likeness (QED) is 0.641. The highest BCUT2D eigenvalue weighted by Gasteiger charge is 2.12. The molecule has 25 heavy (non-hydrogen) atoms. The largest absolute Gasteiger partial charge is 0.497 e. The number of nitrogens with zero attached hydrogens (tertiary/aromatic N) is 3. The van der Waals surface area contributed by atoms with E-state index in [0.717, 1.165) is 42.2 Å². The van der Waals surface area contributed by atoms with Crippen molar-refractivity contribution < 1.29 is 4.74 Å². The van der Waals surface area contributed by atoms with Gasteiger partial charge in [0, 0.05) is 12.1 Å². The predicted molar refractivity (Wildman–Crippen MR) is 99.5 cm³/mol. The first-order valence-electron chi connectivity index (χ1n) is 8.63. The van der Waals surface area contributed by atoms with Crippen LogP contribution in [0.4, 0.5) is 0 Å². The van der Waals surface area contributed by atoms with Crippen LogP contribution in [-0.4, -0.2) is 28.6 Å². The van der Waals surface area contributed by atoms with Crippen LogP contribution in [-0.2, 0) is 19.5 Å². The first kappa shape index (κ1) is 17.2. The van der Waals surface area contributed by atoms with Crippen molar-refractivity contribution >= 4 is 0 Å². The summed E-state index contributed by atoms with van der Waals surface area (Å²) in [4.78, 5) is 1.75. The topological polar surface area (TPSA) is 52.0 Å². The van der Waals surface area contributed by atoms with Crippen molar-refractivity contribution in [3.05, 3.63) is 65.9 Å². The molecule has 0 aliphatic carbocycles. The van der Waals surface area contributed by atoms with Crippen molar-refractivity contribution in [2.24, 2.45) is 0 Å². The van der Waals surface area contributed by atoms with Crippen LogP contribution in [0, 0.1) is 0 Å². The Kier molecular flexibility index (Phi) is 5.80. The highest BCUT2D eigenvalue weighted by molar-refractivity contribution is 5.60. The zero-order valence-electron chi connectivity index (χ0n) is 14.8. The lowest BCUT2D eigenvalue weighted by Crippen LogP contribution is -2.17. The molecule has 1 aromatic heterocycles. The summed E-state index contributed by atoms with van der Waals surface area (Å²) in [6.07, 6.45) is 0.965. The first-order chi connectivity index (χ1) is 12.3. The van der Waals surface area contributed by atoms with E-state index < -0.39 is 0 Å². The van der Waals surface area contributed by atoms with Gasteiger partial charge in [-0.2, -0.15) is 15.0 Å². The van der Waals surface area contributed by atoms with Gasteiger partial charge in [0.15, 0.2) is 0 Å². The van der Waals surface area contributed by atoms with Gasteiger partial charge in [0.05, 0.1) is 13.7 Å². The number of aromatic nitrogens is 3. The maximum absolute atomic E-state index is 5.19. The van der Waals surface area contributed by atoms with Gasteiger partial charge in [-0.1, -0.05) is 42.5 Å². The second-order valence-electron chi connectivity index (χ2n) is 5.82. The third kappa shape index (κ3) is 4.45. The molecule has 3 aromatic rings. The predicted octanol–water partition coefficient (Wildman–Crippen LogP) is 3.31. The number of benzene rings is 2. The smallest absolute Gasteiger partial charge is 0.118 e. The average molecular weight is 336 g/mol. The molecule has 1 N–H and O–H groups in total. The molecule has 5 heteroatoms. The molecule has 0 saturated heterocycles.